The van der Waals surface area contributed by atoms with Gasteiger partial charge in [0.2, 0.25) is 5.91 Å². The van der Waals surface area contributed by atoms with Gasteiger partial charge >= 0.3 is 0 Å². The molecule has 0 spiro atoms. The molecule has 0 radical (unpaired) electrons. The van der Waals surface area contributed by atoms with E-state index < -0.39 is 17.1 Å². The van der Waals surface area contributed by atoms with Crippen LogP contribution in [0.5, 0.6) is 5.75 Å². The zero-order chi connectivity index (χ0) is 16.0. The highest BCUT2D eigenvalue weighted by molar-refractivity contribution is 5.72. The van der Waals surface area contributed by atoms with Crippen LogP contribution in [0.2, 0.25) is 0 Å². The molecule has 116 valence electrons. The van der Waals surface area contributed by atoms with Gasteiger partial charge in [-0.2, -0.15) is 0 Å². The van der Waals surface area contributed by atoms with Crippen LogP contribution >= 0.6 is 0 Å². The fourth-order valence-corrected chi connectivity index (χ4v) is 1.78. The minimum Gasteiger partial charge on any atom is -0.496 e. The minimum absolute atomic E-state index is 0.117. The van der Waals surface area contributed by atoms with Crippen molar-refractivity contribution in [3.8, 4) is 5.75 Å². The van der Waals surface area contributed by atoms with E-state index in [0.29, 0.717) is 0 Å². The molecule has 0 saturated heterocycles. The van der Waals surface area contributed by atoms with Crippen LogP contribution in [0, 0.1) is 10.1 Å². The second-order valence-corrected chi connectivity index (χ2v) is 4.51. The summed E-state index contributed by atoms with van der Waals surface area (Å²) in [5.74, 6) is -0.0268. The van der Waals surface area contributed by atoms with Gasteiger partial charge in [0.15, 0.2) is 0 Å². The van der Waals surface area contributed by atoms with E-state index in [0.717, 1.165) is 0 Å². The van der Waals surface area contributed by atoms with Crippen LogP contribution in [0.25, 0.3) is 0 Å². The number of carbonyl (C=O) groups excluding carboxylic acids is 1. The lowest BCUT2D eigenvalue weighted by Gasteiger charge is -2.18. The summed E-state index contributed by atoms with van der Waals surface area (Å²) in [5, 5.41) is 33.2. The number of carbonyl (C=O) groups is 1. The number of nitro groups is 1. The number of nitrogens with one attached hydrogen (secondary N) is 1. The Bertz CT molecular complexity index is 519. The summed E-state index contributed by atoms with van der Waals surface area (Å²) in [6.07, 6.45) is -2.36. The van der Waals surface area contributed by atoms with E-state index in [1.165, 1.54) is 32.2 Å². The highest BCUT2D eigenvalue weighted by Gasteiger charge is 2.21. The van der Waals surface area contributed by atoms with Gasteiger partial charge in [-0.25, -0.2) is 0 Å². The number of methoxy groups -OCH3 is 1. The molecule has 0 bridgehead atoms. The molecule has 3 N–H and O–H groups in total. The fraction of sp³-hybridized carbons (Fsp3) is 0.462. The molecule has 0 heterocycles. The molecule has 1 aromatic rings. The summed E-state index contributed by atoms with van der Waals surface area (Å²) >= 11 is 0. The van der Waals surface area contributed by atoms with Crippen LogP contribution in [-0.4, -0.2) is 40.8 Å². The number of hydrogen-bond donors (Lipinski definition) is 3. The van der Waals surface area contributed by atoms with Crippen LogP contribution in [0.3, 0.4) is 0 Å². The number of hydrogen-bond acceptors (Lipinski definition) is 6. The zero-order valence-electron chi connectivity index (χ0n) is 11.8. The van der Waals surface area contributed by atoms with E-state index in [1.54, 1.807) is 0 Å². The average Bonchev–Trinajstić information content (AvgIpc) is 2.45. The van der Waals surface area contributed by atoms with Crippen LogP contribution in [0.15, 0.2) is 18.2 Å². The van der Waals surface area contributed by atoms with Crippen LogP contribution < -0.4 is 10.1 Å². The Hall–Kier alpha value is -2.19. The number of benzene rings is 1. The minimum atomic E-state index is -1.31. The first-order valence-corrected chi connectivity index (χ1v) is 6.29. The third-order valence-electron chi connectivity index (χ3n) is 2.88. The van der Waals surface area contributed by atoms with E-state index in [9.17, 15) is 25.1 Å². The SMILES string of the molecule is COc1cc(C(O)C(O)CCNC(C)=O)cc([N+](=O)[O-])c1. The van der Waals surface area contributed by atoms with Crippen molar-refractivity contribution in [3.63, 3.8) is 0 Å². The fourth-order valence-electron chi connectivity index (χ4n) is 1.78. The first-order chi connectivity index (χ1) is 9.85. The third kappa shape index (κ3) is 5.01. The highest BCUT2D eigenvalue weighted by Crippen LogP contribution is 2.28. The third-order valence-corrected chi connectivity index (χ3v) is 2.88. The molecule has 2 atom stereocenters. The normalized spacial score (nSPS) is 13.3. The molecule has 0 aliphatic rings. The second kappa shape index (κ2) is 7.55. The van der Waals surface area contributed by atoms with Crippen molar-refractivity contribution in [2.45, 2.75) is 25.6 Å². The number of ether oxygens (including phenoxy) is 1. The van der Waals surface area contributed by atoms with Gasteiger partial charge in [-0.15, -0.1) is 0 Å². The van der Waals surface area contributed by atoms with Crippen LogP contribution in [-0.2, 0) is 4.79 Å². The van der Waals surface area contributed by atoms with Gasteiger partial charge in [-0.05, 0) is 18.1 Å². The smallest absolute Gasteiger partial charge is 0.273 e. The van der Waals surface area contributed by atoms with Gasteiger partial charge in [0.25, 0.3) is 5.69 Å². The van der Waals surface area contributed by atoms with Crippen molar-refractivity contribution >= 4 is 11.6 Å². The van der Waals surface area contributed by atoms with Gasteiger partial charge in [0.1, 0.15) is 11.9 Å². The Morgan fingerprint density at radius 1 is 1.43 bits per heavy atom. The largest absolute Gasteiger partial charge is 0.496 e. The van der Waals surface area contributed by atoms with E-state index >= 15 is 0 Å². The lowest BCUT2D eigenvalue weighted by Crippen LogP contribution is -2.27. The maximum atomic E-state index is 10.8. The maximum absolute atomic E-state index is 10.8. The first kappa shape index (κ1) is 16.9. The summed E-state index contributed by atoms with van der Waals surface area (Å²) in [6, 6.07) is 3.81. The van der Waals surface area contributed by atoms with Gasteiger partial charge in [-0.3, -0.25) is 14.9 Å². The number of aliphatic hydroxyl groups excluding tert-OH is 2. The zero-order valence-corrected chi connectivity index (χ0v) is 11.8. The van der Waals surface area contributed by atoms with Gasteiger partial charge in [0.05, 0.1) is 24.2 Å². The van der Waals surface area contributed by atoms with Crippen molar-refractivity contribution in [3.05, 3.63) is 33.9 Å². The Morgan fingerprint density at radius 2 is 2.10 bits per heavy atom. The predicted molar refractivity (Wildman–Crippen MR) is 73.9 cm³/mol. The van der Waals surface area contributed by atoms with E-state index in [2.05, 4.69) is 5.32 Å². The molecule has 1 rings (SSSR count). The molecule has 0 aromatic heterocycles. The molecule has 0 aliphatic carbocycles. The van der Waals surface area contributed by atoms with Crippen molar-refractivity contribution in [2.75, 3.05) is 13.7 Å². The van der Waals surface area contributed by atoms with E-state index in [1.807, 2.05) is 0 Å². The molecule has 0 saturated carbocycles. The van der Waals surface area contributed by atoms with Crippen molar-refractivity contribution < 1.29 is 24.7 Å². The lowest BCUT2D eigenvalue weighted by molar-refractivity contribution is -0.385. The van der Waals surface area contributed by atoms with Crippen LogP contribution in [0.1, 0.15) is 25.0 Å². The molecule has 0 aliphatic heterocycles. The summed E-state index contributed by atoms with van der Waals surface area (Å²) in [5.41, 5.74) is -0.0613. The van der Waals surface area contributed by atoms with Crippen LogP contribution in [0.4, 0.5) is 5.69 Å². The van der Waals surface area contributed by atoms with E-state index in [-0.39, 0.29) is 35.9 Å². The van der Waals surface area contributed by atoms with Crippen molar-refractivity contribution in [1.82, 2.24) is 5.32 Å². The summed E-state index contributed by atoms with van der Waals surface area (Å²) in [4.78, 5) is 20.9. The Morgan fingerprint density at radius 3 is 2.62 bits per heavy atom. The molecular weight excluding hydrogens is 280 g/mol. The van der Waals surface area contributed by atoms with Crippen molar-refractivity contribution in [1.29, 1.82) is 0 Å². The Labute approximate surface area is 121 Å². The second-order valence-electron chi connectivity index (χ2n) is 4.51. The van der Waals surface area contributed by atoms with E-state index in [4.69, 9.17) is 4.74 Å². The van der Waals surface area contributed by atoms with Gasteiger partial charge < -0.3 is 20.3 Å². The molecular formula is C13H18N2O6. The number of rotatable bonds is 7. The first-order valence-electron chi connectivity index (χ1n) is 6.29. The molecule has 1 aromatic carbocycles. The van der Waals surface area contributed by atoms with Gasteiger partial charge in [0, 0.05) is 19.5 Å². The summed E-state index contributed by atoms with van der Waals surface area (Å²) in [6.45, 7) is 1.54. The average molecular weight is 298 g/mol. The number of nitrogens with zero attached hydrogens (tertiary/aromatic N) is 1. The molecule has 8 nitrogen and oxygen atoms in total. The summed E-state index contributed by atoms with van der Waals surface area (Å²) in [7, 11) is 1.35. The monoisotopic (exact) mass is 298 g/mol. The number of amides is 1. The standard InChI is InChI=1S/C13H18N2O6/c1-8(16)14-4-3-12(17)13(18)9-5-10(15(19)20)7-11(6-9)21-2/h5-7,12-13,17-18H,3-4H2,1-2H3,(H,14,16). The maximum Gasteiger partial charge on any atom is 0.273 e. The lowest BCUT2D eigenvalue weighted by atomic mass is 10.0. The Kier molecular flexibility index (Phi) is 6.07. The number of nitro benzene ring substituents is 1. The topological polar surface area (TPSA) is 122 Å². The Balaban J connectivity index is 2.84. The van der Waals surface area contributed by atoms with Gasteiger partial charge in [-0.1, -0.05) is 0 Å². The quantitative estimate of drug-likeness (QED) is 0.498. The summed E-state index contributed by atoms with van der Waals surface area (Å²) < 4.78 is 4.93. The molecule has 1 amide bonds. The van der Waals surface area contributed by atoms with Crippen molar-refractivity contribution in [2.24, 2.45) is 0 Å². The molecule has 8 heteroatoms. The molecule has 21 heavy (non-hydrogen) atoms. The number of non-ortho nitro benzene ring substituents is 1. The number of aliphatic hydroxyl groups is 2. The molecule has 2 unspecified atom stereocenters. The molecule has 0 fully saturated rings. The predicted octanol–water partition coefficient (Wildman–Crippen LogP) is 0.524. The highest BCUT2D eigenvalue weighted by atomic mass is 16.6.